The van der Waals surface area contributed by atoms with E-state index in [4.69, 9.17) is 0 Å². The Morgan fingerprint density at radius 3 is 2.88 bits per heavy atom. The van der Waals surface area contributed by atoms with Crippen LogP contribution >= 0.6 is 38.5 Å². The molecule has 2 rings (SSSR count). The first-order chi connectivity index (χ1) is 8.16. The van der Waals surface area contributed by atoms with Crippen molar-refractivity contribution in [3.8, 4) is 0 Å². The van der Waals surface area contributed by atoms with Crippen molar-refractivity contribution < 1.29 is 0 Å². The number of aromatic nitrogens is 1. The minimum Gasteiger partial charge on any atom is -0.380 e. The molecule has 0 aliphatic carbocycles. The van der Waals surface area contributed by atoms with Crippen molar-refractivity contribution in [2.45, 2.75) is 13.5 Å². The van der Waals surface area contributed by atoms with Crippen LogP contribution in [0.25, 0.3) is 0 Å². The lowest BCUT2D eigenvalue weighted by Gasteiger charge is -2.10. The Kier molecular flexibility index (Phi) is 4.39. The molecule has 0 atom stereocenters. The summed E-state index contributed by atoms with van der Waals surface area (Å²) in [7, 11) is 0. The van der Waals surface area contributed by atoms with Gasteiger partial charge >= 0.3 is 0 Å². The van der Waals surface area contributed by atoms with Gasteiger partial charge in [0.25, 0.3) is 0 Å². The van der Waals surface area contributed by atoms with Crippen LogP contribution in [0.3, 0.4) is 0 Å². The minimum atomic E-state index is 0.791. The number of hydrogen-bond acceptors (Lipinski definition) is 2. The zero-order chi connectivity index (χ0) is 12.3. The summed E-state index contributed by atoms with van der Waals surface area (Å²) >= 11 is 5.86. The lowest BCUT2D eigenvalue weighted by molar-refractivity contribution is 1.08. The van der Waals surface area contributed by atoms with Crippen molar-refractivity contribution in [1.29, 1.82) is 0 Å². The van der Waals surface area contributed by atoms with Crippen molar-refractivity contribution in [1.82, 2.24) is 4.98 Å². The first-order valence-corrected chi connectivity index (χ1v) is 7.12. The van der Waals surface area contributed by atoms with Gasteiger partial charge in [0.1, 0.15) is 0 Å². The second-order valence-corrected chi connectivity index (χ2v) is 5.88. The SMILES string of the molecule is Cc1ccncc1CNc1ccc(I)cc1Br. The van der Waals surface area contributed by atoms with Crippen molar-refractivity contribution >= 4 is 44.2 Å². The number of nitrogens with zero attached hydrogens (tertiary/aromatic N) is 1. The van der Waals surface area contributed by atoms with Crippen LogP contribution in [0.15, 0.2) is 41.1 Å². The molecule has 0 saturated carbocycles. The second kappa shape index (κ2) is 5.82. The quantitative estimate of drug-likeness (QED) is 0.771. The summed E-state index contributed by atoms with van der Waals surface area (Å²) in [6, 6.07) is 8.29. The predicted octanol–water partition coefficient (Wildman–Crippen LogP) is 4.37. The molecule has 0 aliphatic heterocycles. The molecule has 0 radical (unpaired) electrons. The molecule has 2 nitrogen and oxygen atoms in total. The van der Waals surface area contributed by atoms with Crippen molar-refractivity contribution in [3.05, 3.63) is 55.8 Å². The number of benzene rings is 1. The molecule has 0 spiro atoms. The maximum absolute atomic E-state index is 4.14. The van der Waals surface area contributed by atoms with Gasteiger partial charge in [-0.2, -0.15) is 0 Å². The van der Waals surface area contributed by atoms with Crippen LogP contribution in [0.5, 0.6) is 0 Å². The number of rotatable bonds is 3. The monoisotopic (exact) mass is 402 g/mol. The Labute approximate surface area is 123 Å². The van der Waals surface area contributed by atoms with E-state index in [1.165, 1.54) is 14.7 Å². The smallest absolute Gasteiger partial charge is 0.0488 e. The van der Waals surface area contributed by atoms with Crippen LogP contribution in [0, 0.1) is 10.5 Å². The maximum atomic E-state index is 4.14. The molecule has 0 amide bonds. The van der Waals surface area contributed by atoms with Crippen molar-refractivity contribution in [2.75, 3.05) is 5.32 Å². The van der Waals surface area contributed by atoms with Gasteiger partial charge in [0, 0.05) is 32.7 Å². The van der Waals surface area contributed by atoms with E-state index in [1.807, 2.05) is 18.5 Å². The Morgan fingerprint density at radius 2 is 2.18 bits per heavy atom. The highest BCUT2D eigenvalue weighted by atomic mass is 127. The van der Waals surface area contributed by atoms with Gasteiger partial charge in [-0.05, 0) is 80.8 Å². The lowest BCUT2D eigenvalue weighted by Crippen LogP contribution is -2.02. The van der Waals surface area contributed by atoms with Gasteiger partial charge in [0.2, 0.25) is 0 Å². The Balaban J connectivity index is 2.10. The molecule has 1 aromatic carbocycles. The van der Waals surface area contributed by atoms with Crippen LogP contribution in [-0.2, 0) is 6.54 Å². The van der Waals surface area contributed by atoms with E-state index >= 15 is 0 Å². The van der Waals surface area contributed by atoms with Gasteiger partial charge in [0.15, 0.2) is 0 Å². The molecular weight excluding hydrogens is 391 g/mol. The van der Waals surface area contributed by atoms with Crippen molar-refractivity contribution in [2.24, 2.45) is 0 Å². The normalized spacial score (nSPS) is 10.3. The molecule has 0 aliphatic rings. The molecule has 17 heavy (non-hydrogen) atoms. The molecule has 0 bridgehead atoms. The van der Waals surface area contributed by atoms with Crippen LogP contribution in [0.2, 0.25) is 0 Å². The first kappa shape index (κ1) is 12.8. The molecule has 0 unspecified atom stereocenters. The van der Waals surface area contributed by atoms with E-state index in [9.17, 15) is 0 Å². The fraction of sp³-hybridized carbons (Fsp3) is 0.154. The van der Waals surface area contributed by atoms with Gasteiger partial charge in [-0.1, -0.05) is 0 Å². The zero-order valence-electron chi connectivity index (χ0n) is 9.37. The average Bonchev–Trinajstić information content (AvgIpc) is 2.30. The van der Waals surface area contributed by atoms with E-state index < -0.39 is 0 Å². The highest BCUT2D eigenvalue weighted by molar-refractivity contribution is 14.1. The molecule has 0 fully saturated rings. The highest BCUT2D eigenvalue weighted by Crippen LogP contribution is 2.25. The summed E-state index contributed by atoms with van der Waals surface area (Å²) in [5.74, 6) is 0. The third kappa shape index (κ3) is 3.42. The predicted molar refractivity (Wildman–Crippen MR) is 83.2 cm³/mol. The summed E-state index contributed by atoms with van der Waals surface area (Å²) < 4.78 is 2.31. The average molecular weight is 403 g/mol. The third-order valence-corrected chi connectivity index (χ3v) is 3.87. The van der Waals surface area contributed by atoms with Crippen LogP contribution in [0.1, 0.15) is 11.1 Å². The third-order valence-electron chi connectivity index (χ3n) is 2.55. The Bertz CT molecular complexity index is 529. The number of pyridine rings is 1. The lowest BCUT2D eigenvalue weighted by atomic mass is 10.1. The summed E-state index contributed by atoms with van der Waals surface area (Å²) in [5, 5.41) is 3.41. The largest absolute Gasteiger partial charge is 0.380 e. The highest BCUT2D eigenvalue weighted by Gasteiger charge is 2.01. The summed E-state index contributed by atoms with van der Waals surface area (Å²) in [6.07, 6.45) is 3.72. The molecular formula is C13H12BrIN2. The molecule has 1 N–H and O–H groups in total. The molecule has 4 heteroatoms. The summed E-state index contributed by atoms with van der Waals surface area (Å²) in [5.41, 5.74) is 3.58. The molecule has 2 aromatic rings. The fourth-order valence-corrected chi connectivity index (χ4v) is 2.94. The second-order valence-electron chi connectivity index (χ2n) is 3.78. The summed E-state index contributed by atoms with van der Waals surface area (Å²) in [4.78, 5) is 4.14. The summed E-state index contributed by atoms with van der Waals surface area (Å²) in [6.45, 7) is 2.89. The van der Waals surface area contributed by atoms with Gasteiger partial charge in [-0.15, -0.1) is 0 Å². The zero-order valence-corrected chi connectivity index (χ0v) is 13.1. The molecule has 0 saturated heterocycles. The van der Waals surface area contributed by atoms with Crippen LogP contribution in [-0.4, -0.2) is 4.98 Å². The molecule has 1 aromatic heterocycles. The van der Waals surface area contributed by atoms with Crippen LogP contribution < -0.4 is 5.32 Å². The van der Waals surface area contributed by atoms with Gasteiger partial charge in [-0.25, -0.2) is 0 Å². The van der Waals surface area contributed by atoms with E-state index in [1.54, 1.807) is 0 Å². The van der Waals surface area contributed by atoms with E-state index in [-0.39, 0.29) is 0 Å². The number of halogens is 2. The maximum Gasteiger partial charge on any atom is 0.0488 e. The van der Waals surface area contributed by atoms with E-state index in [2.05, 4.69) is 73.9 Å². The van der Waals surface area contributed by atoms with Crippen molar-refractivity contribution in [3.63, 3.8) is 0 Å². The Morgan fingerprint density at radius 1 is 1.35 bits per heavy atom. The van der Waals surface area contributed by atoms with E-state index in [0.717, 1.165) is 16.7 Å². The first-order valence-electron chi connectivity index (χ1n) is 5.25. The number of aryl methyl sites for hydroxylation is 1. The number of anilines is 1. The van der Waals surface area contributed by atoms with Gasteiger partial charge in [-0.3, -0.25) is 4.98 Å². The topological polar surface area (TPSA) is 24.9 Å². The molecule has 88 valence electrons. The van der Waals surface area contributed by atoms with Gasteiger partial charge < -0.3 is 5.32 Å². The van der Waals surface area contributed by atoms with Gasteiger partial charge in [0.05, 0.1) is 0 Å². The van der Waals surface area contributed by atoms with E-state index in [0.29, 0.717) is 0 Å². The Hall–Kier alpha value is -0.620. The fourth-order valence-electron chi connectivity index (χ4n) is 1.51. The standard InChI is InChI=1S/C13H12BrIN2/c1-9-4-5-16-7-10(9)8-17-13-3-2-11(15)6-12(13)14/h2-7,17H,8H2,1H3. The minimum absolute atomic E-state index is 0.791. The van der Waals surface area contributed by atoms with Crippen LogP contribution in [0.4, 0.5) is 5.69 Å². The molecule has 1 heterocycles. The number of hydrogen-bond donors (Lipinski definition) is 1. The number of nitrogens with one attached hydrogen (secondary N) is 1.